The summed E-state index contributed by atoms with van der Waals surface area (Å²) >= 11 is 1.93. The molecule has 21 heavy (non-hydrogen) atoms. The Morgan fingerprint density at radius 3 is 2.29 bits per heavy atom. The van der Waals surface area contributed by atoms with E-state index in [0.29, 0.717) is 0 Å². The number of aryl methyl sites for hydroxylation is 1. The molecule has 0 radical (unpaired) electrons. The van der Waals surface area contributed by atoms with Crippen molar-refractivity contribution >= 4 is 11.3 Å². The van der Waals surface area contributed by atoms with Gasteiger partial charge in [-0.15, -0.1) is 11.3 Å². The number of hydrogen-bond acceptors (Lipinski definition) is 3. The molecule has 1 aliphatic heterocycles. The molecular formula is C18H24N2S. The average molecular weight is 300 g/mol. The van der Waals surface area contributed by atoms with Gasteiger partial charge in [0.25, 0.3) is 0 Å². The molecule has 0 atom stereocenters. The Morgan fingerprint density at radius 2 is 1.62 bits per heavy atom. The molecule has 1 aromatic carbocycles. The molecule has 2 heterocycles. The lowest BCUT2D eigenvalue weighted by molar-refractivity contribution is 0.129. The van der Waals surface area contributed by atoms with Crippen LogP contribution in [0.15, 0.2) is 42.5 Å². The highest BCUT2D eigenvalue weighted by Gasteiger charge is 2.17. The van der Waals surface area contributed by atoms with Crippen molar-refractivity contribution < 1.29 is 0 Å². The first-order valence-corrected chi connectivity index (χ1v) is 8.65. The number of rotatable bonds is 5. The van der Waals surface area contributed by atoms with Gasteiger partial charge in [-0.2, -0.15) is 0 Å². The van der Waals surface area contributed by atoms with Crippen LogP contribution < -0.4 is 0 Å². The van der Waals surface area contributed by atoms with Crippen LogP contribution in [0.1, 0.15) is 15.3 Å². The Bertz CT molecular complexity index is 541. The van der Waals surface area contributed by atoms with Crippen molar-refractivity contribution in [1.29, 1.82) is 0 Å². The van der Waals surface area contributed by atoms with Crippen LogP contribution in [0.2, 0.25) is 0 Å². The van der Waals surface area contributed by atoms with E-state index in [0.717, 1.165) is 6.54 Å². The first kappa shape index (κ1) is 14.8. The predicted molar refractivity (Wildman–Crippen MR) is 90.9 cm³/mol. The Balaban J connectivity index is 1.40. The Hall–Kier alpha value is -1.16. The fourth-order valence-electron chi connectivity index (χ4n) is 2.89. The van der Waals surface area contributed by atoms with E-state index in [1.807, 2.05) is 11.3 Å². The third-order valence-electron chi connectivity index (χ3n) is 4.20. The molecule has 1 aromatic heterocycles. The van der Waals surface area contributed by atoms with E-state index in [4.69, 9.17) is 0 Å². The normalized spacial score (nSPS) is 17.2. The standard InChI is InChI=1S/C18H24N2S/c1-16-7-8-18(21-16)15-20-13-11-19(12-14-20)10-9-17-5-3-2-4-6-17/h2-8H,9-15H2,1H3. The molecule has 0 saturated carbocycles. The second kappa shape index (κ2) is 7.21. The van der Waals surface area contributed by atoms with Gasteiger partial charge in [0.15, 0.2) is 0 Å². The highest BCUT2D eigenvalue weighted by Crippen LogP contribution is 2.18. The van der Waals surface area contributed by atoms with E-state index in [-0.39, 0.29) is 0 Å². The second-order valence-electron chi connectivity index (χ2n) is 5.87. The maximum Gasteiger partial charge on any atom is 0.0329 e. The quantitative estimate of drug-likeness (QED) is 0.835. The van der Waals surface area contributed by atoms with E-state index in [2.05, 4.69) is 59.2 Å². The maximum absolute atomic E-state index is 2.60. The van der Waals surface area contributed by atoms with Gasteiger partial charge in [0.05, 0.1) is 0 Å². The van der Waals surface area contributed by atoms with Gasteiger partial charge in [0.2, 0.25) is 0 Å². The van der Waals surface area contributed by atoms with Crippen molar-refractivity contribution in [2.45, 2.75) is 19.9 Å². The number of benzene rings is 1. The van der Waals surface area contributed by atoms with Gasteiger partial charge in [-0.3, -0.25) is 4.90 Å². The van der Waals surface area contributed by atoms with Crippen LogP contribution >= 0.6 is 11.3 Å². The zero-order valence-corrected chi connectivity index (χ0v) is 13.6. The number of hydrogen-bond donors (Lipinski definition) is 0. The summed E-state index contributed by atoms with van der Waals surface area (Å²) < 4.78 is 0. The summed E-state index contributed by atoms with van der Waals surface area (Å²) in [6, 6.07) is 15.3. The largest absolute Gasteiger partial charge is 0.300 e. The van der Waals surface area contributed by atoms with Gasteiger partial charge in [0.1, 0.15) is 0 Å². The molecule has 0 amide bonds. The molecule has 1 aliphatic rings. The van der Waals surface area contributed by atoms with Gasteiger partial charge in [0, 0.05) is 49.0 Å². The summed E-state index contributed by atoms with van der Waals surface area (Å²) in [6.45, 7) is 9.32. The van der Waals surface area contributed by atoms with Gasteiger partial charge in [-0.25, -0.2) is 0 Å². The van der Waals surface area contributed by atoms with Crippen molar-refractivity contribution in [1.82, 2.24) is 9.80 Å². The van der Waals surface area contributed by atoms with E-state index in [1.165, 1.54) is 54.5 Å². The van der Waals surface area contributed by atoms with Crippen LogP contribution in [0.5, 0.6) is 0 Å². The predicted octanol–water partition coefficient (Wildman–Crippen LogP) is 3.42. The van der Waals surface area contributed by atoms with E-state index < -0.39 is 0 Å². The molecule has 2 nitrogen and oxygen atoms in total. The average Bonchev–Trinajstić information content (AvgIpc) is 2.93. The van der Waals surface area contributed by atoms with Crippen molar-refractivity contribution in [3.63, 3.8) is 0 Å². The van der Waals surface area contributed by atoms with Crippen LogP contribution in [-0.2, 0) is 13.0 Å². The lowest BCUT2D eigenvalue weighted by atomic mass is 10.1. The summed E-state index contributed by atoms with van der Waals surface area (Å²) in [5.74, 6) is 0. The summed E-state index contributed by atoms with van der Waals surface area (Å²) in [5.41, 5.74) is 1.45. The van der Waals surface area contributed by atoms with E-state index >= 15 is 0 Å². The Kier molecular flexibility index (Phi) is 5.07. The van der Waals surface area contributed by atoms with E-state index in [1.54, 1.807) is 0 Å². The molecule has 1 fully saturated rings. The number of piperazine rings is 1. The third kappa shape index (κ3) is 4.40. The summed E-state index contributed by atoms with van der Waals surface area (Å²) in [7, 11) is 0. The lowest BCUT2D eigenvalue weighted by Crippen LogP contribution is -2.46. The molecule has 0 bridgehead atoms. The Labute approximate surface area is 132 Å². The zero-order valence-electron chi connectivity index (χ0n) is 12.8. The zero-order chi connectivity index (χ0) is 14.5. The van der Waals surface area contributed by atoms with Gasteiger partial charge >= 0.3 is 0 Å². The molecular weight excluding hydrogens is 276 g/mol. The number of nitrogens with zero attached hydrogens (tertiary/aromatic N) is 2. The van der Waals surface area contributed by atoms with Crippen LogP contribution in [0, 0.1) is 6.92 Å². The molecule has 3 rings (SSSR count). The first-order valence-electron chi connectivity index (χ1n) is 7.83. The Morgan fingerprint density at radius 1 is 0.905 bits per heavy atom. The molecule has 0 aliphatic carbocycles. The van der Waals surface area contributed by atoms with Crippen LogP contribution in [0.4, 0.5) is 0 Å². The third-order valence-corrected chi connectivity index (χ3v) is 5.19. The first-order chi connectivity index (χ1) is 10.3. The van der Waals surface area contributed by atoms with Gasteiger partial charge in [-0.1, -0.05) is 30.3 Å². The van der Waals surface area contributed by atoms with Crippen LogP contribution in [0.25, 0.3) is 0 Å². The van der Waals surface area contributed by atoms with Crippen molar-refractivity contribution in [3.05, 3.63) is 57.8 Å². The molecule has 0 spiro atoms. The minimum atomic E-state index is 1.13. The molecule has 0 unspecified atom stereocenters. The van der Waals surface area contributed by atoms with Crippen molar-refractivity contribution in [2.75, 3.05) is 32.7 Å². The SMILES string of the molecule is Cc1ccc(CN2CCN(CCc3ccccc3)CC2)s1. The second-order valence-corrected chi connectivity index (χ2v) is 7.24. The topological polar surface area (TPSA) is 6.48 Å². The molecule has 3 heteroatoms. The monoisotopic (exact) mass is 300 g/mol. The molecule has 1 saturated heterocycles. The van der Waals surface area contributed by atoms with Gasteiger partial charge < -0.3 is 4.90 Å². The summed E-state index contributed by atoms with van der Waals surface area (Å²) in [6.07, 6.45) is 1.17. The van der Waals surface area contributed by atoms with Crippen molar-refractivity contribution in [3.8, 4) is 0 Å². The highest BCUT2D eigenvalue weighted by atomic mass is 32.1. The minimum Gasteiger partial charge on any atom is -0.300 e. The fourth-order valence-corrected chi connectivity index (χ4v) is 3.83. The van der Waals surface area contributed by atoms with Crippen molar-refractivity contribution in [2.24, 2.45) is 0 Å². The van der Waals surface area contributed by atoms with Crippen LogP contribution in [-0.4, -0.2) is 42.5 Å². The smallest absolute Gasteiger partial charge is 0.0329 e. The fraction of sp³-hybridized carbons (Fsp3) is 0.444. The van der Waals surface area contributed by atoms with E-state index in [9.17, 15) is 0 Å². The summed E-state index contributed by atoms with van der Waals surface area (Å²) in [5, 5.41) is 0. The number of thiophene rings is 1. The van der Waals surface area contributed by atoms with Gasteiger partial charge in [-0.05, 0) is 31.0 Å². The maximum atomic E-state index is 2.60. The molecule has 0 N–H and O–H groups in total. The highest BCUT2D eigenvalue weighted by molar-refractivity contribution is 7.11. The minimum absolute atomic E-state index is 1.13. The summed E-state index contributed by atoms with van der Waals surface area (Å²) in [4.78, 5) is 8.12. The molecule has 2 aromatic rings. The molecule has 112 valence electrons. The lowest BCUT2D eigenvalue weighted by Gasteiger charge is -2.34. The van der Waals surface area contributed by atoms with Crippen LogP contribution in [0.3, 0.4) is 0 Å².